The van der Waals surface area contributed by atoms with Gasteiger partial charge in [-0.3, -0.25) is 9.69 Å². The van der Waals surface area contributed by atoms with E-state index in [4.69, 9.17) is 0 Å². The fourth-order valence-corrected chi connectivity index (χ4v) is 4.49. The van der Waals surface area contributed by atoms with Crippen LogP contribution in [0.25, 0.3) is 5.69 Å². The SMILES string of the molecule is Cc1c(C(=O)N2CCCC2)nnn1-c1cccc2c1CCN(CC1CC1)C2. The van der Waals surface area contributed by atoms with Gasteiger partial charge in [0.15, 0.2) is 5.69 Å². The van der Waals surface area contributed by atoms with Crippen molar-refractivity contribution in [2.45, 2.75) is 45.6 Å². The minimum absolute atomic E-state index is 0.0247. The summed E-state index contributed by atoms with van der Waals surface area (Å²) in [5.74, 6) is 0.947. The van der Waals surface area contributed by atoms with Crippen molar-refractivity contribution >= 4 is 5.91 Å². The van der Waals surface area contributed by atoms with Crippen LogP contribution in [0.1, 0.15) is 53.0 Å². The van der Waals surface area contributed by atoms with E-state index in [1.54, 1.807) is 0 Å². The molecule has 1 saturated carbocycles. The number of benzene rings is 1. The molecule has 0 bridgehead atoms. The minimum Gasteiger partial charge on any atom is -0.337 e. The number of fused-ring (bicyclic) bond motifs is 1. The molecule has 1 aromatic carbocycles. The number of carbonyl (C=O) groups excluding carboxylic acids is 1. The Kier molecular flexibility index (Phi) is 4.23. The standard InChI is InChI=1S/C21H27N5O/c1-15-20(21(27)25-10-2-3-11-25)22-23-26(15)19-6-4-5-17-14-24(12-9-18(17)19)13-16-7-8-16/h4-6,16H,2-3,7-14H2,1H3. The Balaban J connectivity index is 1.43. The van der Waals surface area contributed by atoms with Gasteiger partial charge in [0.1, 0.15) is 0 Å². The molecular formula is C21H27N5O. The first-order valence-corrected chi connectivity index (χ1v) is 10.3. The maximum atomic E-state index is 12.8. The molecule has 0 atom stereocenters. The lowest BCUT2D eigenvalue weighted by Crippen LogP contribution is -2.32. The lowest BCUT2D eigenvalue weighted by molar-refractivity contribution is 0.0786. The van der Waals surface area contributed by atoms with E-state index in [2.05, 4.69) is 33.4 Å². The molecule has 6 nitrogen and oxygen atoms in total. The summed E-state index contributed by atoms with van der Waals surface area (Å²) in [6.07, 6.45) is 6.00. The summed E-state index contributed by atoms with van der Waals surface area (Å²) in [7, 11) is 0. The van der Waals surface area contributed by atoms with E-state index in [1.165, 1.54) is 30.5 Å². The summed E-state index contributed by atoms with van der Waals surface area (Å²) in [5.41, 5.74) is 5.19. The van der Waals surface area contributed by atoms with Gasteiger partial charge in [-0.2, -0.15) is 0 Å². The number of likely N-dealkylation sites (tertiary alicyclic amines) is 1. The second kappa shape index (κ2) is 6.75. The Labute approximate surface area is 160 Å². The van der Waals surface area contributed by atoms with Crippen LogP contribution >= 0.6 is 0 Å². The minimum atomic E-state index is 0.0247. The van der Waals surface area contributed by atoms with Gasteiger partial charge in [0.05, 0.1) is 11.4 Å². The molecular weight excluding hydrogens is 338 g/mol. The van der Waals surface area contributed by atoms with Gasteiger partial charge < -0.3 is 4.90 Å². The summed E-state index contributed by atoms with van der Waals surface area (Å²) < 4.78 is 1.87. The average molecular weight is 365 g/mol. The molecule has 5 rings (SSSR count). The van der Waals surface area contributed by atoms with Gasteiger partial charge in [0.2, 0.25) is 0 Å². The van der Waals surface area contributed by atoms with Crippen molar-refractivity contribution in [3.05, 3.63) is 40.7 Å². The quantitative estimate of drug-likeness (QED) is 0.836. The van der Waals surface area contributed by atoms with Crippen LogP contribution in [-0.2, 0) is 13.0 Å². The second-order valence-electron chi connectivity index (χ2n) is 8.28. The van der Waals surface area contributed by atoms with Crippen LogP contribution in [-0.4, -0.2) is 56.9 Å². The van der Waals surface area contributed by atoms with Crippen LogP contribution in [0.2, 0.25) is 0 Å². The van der Waals surface area contributed by atoms with Crippen LogP contribution in [0.4, 0.5) is 0 Å². The predicted molar refractivity (Wildman–Crippen MR) is 103 cm³/mol. The van der Waals surface area contributed by atoms with E-state index >= 15 is 0 Å². The van der Waals surface area contributed by atoms with Crippen LogP contribution in [0.5, 0.6) is 0 Å². The molecule has 27 heavy (non-hydrogen) atoms. The molecule has 6 heteroatoms. The molecule has 0 N–H and O–H groups in total. The molecule has 3 heterocycles. The summed E-state index contributed by atoms with van der Waals surface area (Å²) in [4.78, 5) is 17.2. The van der Waals surface area contributed by atoms with Crippen molar-refractivity contribution in [2.75, 3.05) is 26.2 Å². The zero-order chi connectivity index (χ0) is 18.4. The molecule has 1 saturated heterocycles. The molecule has 1 amide bonds. The van der Waals surface area contributed by atoms with Gasteiger partial charge in [0.25, 0.3) is 5.91 Å². The van der Waals surface area contributed by atoms with E-state index in [9.17, 15) is 4.79 Å². The fourth-order valence-electron chi connectivity index (χ4n) is 4.49. The monoisotopic (exact) mass is 365 g/mol. The predicted octanol–water partition coefficient (Wildman–Crippen LogP) is 2.58. The first kappa shape index (κ1) is 16.9. The molecule has 0 spiro atoms. The normalized spacial score (nSPS) is 20.1. The highest BCUT2D eigenvalue weighted by Gasteiger charge is 2.29. The highest BCUT2D eigenvalue weighted by molar-refractivity contribution is 5.93. The fraction of sp³-hybridized carbons (Fsp3) is 0.571. The lowest BCUT2D eigenvalue weighted by Gasteiger charge is -2.30. The van der Waals surface area contributed by atoms with E-state index < -0.39 is 0 Å². The molecule has 142 valence electrons. The number of amides is 1. The number of carbonyl (C=O) groups is 1. The number of rotatable bonds is 4. The van der Waals surface area contributed by atoms with Gasteiger partial charge >= 0.3 is 0 Å². The molecule has 3 aliphatic rings. The molecule has 0 unspecified atom stereocenters. The number of hydrogen-bond acceptors (Lipinski definition) is 4. The van der Waals surface area contributed by atoms with Gasteiger partial charge in [-0.25, -0.2) is 4.68 Å². The van der Waals surface area contributed by atoms with E-state index in [1.807, 2.05) is 16.5 Å². The lowest BCUT2D eigenvalue weighted by atomic mass is 9.97. The Morgan fingerprint density at radius 2 is 2.00 bits per heavy atom. The first-order chi connectivity index (χ1) is 13.2. The van der Waals surface area contributed by atoms with Crippen molar-refractivity contribution in [1.29, 1.82) is 0 Å². The third-order valence-electron chi connectivity index (χ3n) is 6.25. The third-order valence-corrected chi connectivity index (χ3v) is 6.25. The van der Waals surface area contributed by atoms with Crippen molar-refractivity contribution in [3.63, 3.8) is 0 Å². The number of aromatic nitrogens is 3. The van der Waals surface area contributed by atoms with Crippen LogP contribution in [0.15, 0.2) is 18.2 Å². The Morgan fingerprint density at radius 1 is 1.19 bits per heavy atom. The van der Waals surface area contributed by atoms with E-state index in [0.29, 0.717) is 5.69 Å². The number of hydrogen-bond donors (Lipinski definition) is 0. The van der Waals surface area contributed by atoms with Crippen molar-refractivity contribution < 1.29 is 4.79 Å². The Morgan fingerprint density at radius 3 is 2.78 bits per heavy atom. The highest BCUT2D eigenvalue weighted by Crippen LogP contribution is 2.32. The molecule has 2 aromatic rings. The summed E-state index contributed by atoms with van der Waals surface area (Å²) in [6.45, 7) is 7.00. The third kappa shape index (κ3) is 3.16. The number of nitrogens with zero attached hydrogens (tertiary/aromatic N) is 5. The smallest absolute Gasteiger partial charge is 0.276 e. The zero-order valence-corrected chi connectivity index (χ0v) is 16.0. The van der Waals surface area contributed by atoms with Crippen molar-refractivity contribution in [1.82, 2.24) is 24.8 Å². The van der Waals surface area contributed by atoms with Crippen LogP contribution in [0, 0.1) is 12.8 Å². The van der Waals surface area contributed by atoms with E-state index in [-0.39, 0.29) is 5.91 Å². The van der Waals surface area contributed by atoms with E-state index in [0.717, 1.165) is 62.7 Å². The summed E-state index contributed by atoms with van der Waals surface area (Å²) >= 11 is 0. The molecule has 0 radical (unpaired) electrons. The Hall–Kier alpha value is -2.21. The van der Waals surface area contributed by atoms with Gasteiger partial charge in [-0.15, -0.1) is 5.10 Å². The van der Waals surface area contributed by atoms with Gasteiger partial charge in [-0.1, -0.05) is 17.3 Å². The largest absolute Gasteiger partial charge is 0.337 e. The highest BCUT2D eigenvalue weighted by atomic mass is 16.2. The maximum absolute atomic E-state index is 12.8. The van der Waals surface area contributed by atoms with Crippen LogP contribution in [0.3, 0.4) is 0 Å². The topological polar surface area (TPSA) is 54.3 Å². The Bertz CT molecular complexity index is 863. The second-order valence-corrected chi connectivity index (χ2v) is 8.28. The summed E-state index contributed by atoms with van der Waals surface area (Å²) in [6, 6.07) is 6.46. The zero-order valence-electron chi connectivity index (χ0n) is 16.0. The van der Waals surface area contributed by atoms with Crippen LogP contribution < -0.4 is 0 Å². The van der Waals surface area contributed by atoms with Crippen molar-refractivity contribution in [2.24, 2.45) is 5.92 Å². The van der Waals surface area contributed by atoms with Gasteiger partial charge in [-0.05, 0) is 62.1 Å². The van der Waals surface area contributed by atoms with Crippen molar-refractivity contribution in [3.8, 4) is 5.69 Å². The molecule has 1 aliphatic carbocycles. The van der Waals surface area contributed by atoms with Gasteiger partial charge in [0, 0.05) is 32.7 Å². The first-order valence-electron chi connectivity index (χ1n) is 10.3. The maximum Gasteiger partial charge on any atom is 0.276 e. The molecule has 2 aliphatic heterocycles. The molecule has 1 aromatic heterocycles. The summed E-state index contributed by atoms with van der Waals surface area (Å²) in [5, 5.41) is 8.63. The average Bonchev–Trinajstić information content (AvgIpc) is 3.18. The molecule has 2 fully saturated rings.